The summed E-state index contributed by atoms with van der Waals surface area (Å²) in [5.74, 6) is -1.17. The van der Waals surface area contributed by atoms with E-state index in [1.165, 1.54) is 17.5 Å². The summed E-state index contributed by atoms with van der Waals surface area (Å²) < 4.78 is 5.17. The highest BCUT2D eigenvalue weighted by Gasteiger charge is 2.19. The maximum Gasteiger partial charge on any atom is 0.413 e. The molecule has 0 aromatic carbocycles. The highest BCUT2D eigenvalue weighted by Crippen LogP contribution is 2.29. The summed E-state index contributed by atoms with van der Waals surface area (Å²) in [5.41, 5.74) is -0.234. The number of carbonyl (C=O) groups is 2. The van der Waals surface area contributed by atoms with E-state index >= 15 is 0 Å². The van der Waals surface area contributed by atoms with Crippen molar-refractivity contribution in [3.8, 4) is 10.7 Å². The average molecular weight is 336 g/mol. The van der Waals surface area contributed by atoms with Crippen molar-refractivity contribution in [2.45, 2.75) is 33.3 Å². The lowest BCUT2D eigenvalue weighted by Gasteiger charge is -2.19. The number of nitrogens with zero attached hydrogens (tertiary/aromatic N) is 3. The van der Waals surface area contributed by atoms with E-state index in [4.69, 9.17) is 9.84 Å². The molecule has 0 aliphatic heterocycles. The number of aryl methyl sites for hydroxylation is 1. The Labute approximate surface area is 136 Å². The second-order valence-corrected chi connectivity index (χ2v) is 6.82. The van der Waals surface area contributed by atoms with Crippen LogP contribution in [0.4, 0.5) is 10.6 Å². The van der Waals surface area contributed by atoms with Gasteiger partial charge in [-0.25, -0.2) is 24.5 Å². The van der Waals surface area contributed by atoms with E-state index < -0.39 is 17.7 Å². The van der Waals surface area contributed by atoms with Crippen molar-refractivity contribution in [2.75, 3.05) is 5.32 Å². The second kappa shape index (κ2) is 6.29. The largest absolute Gasteiger partial charge is 0.475 e. The second-order valence-electron chi connectivity index (χ2n) is 5.62. The standard InChI is InChI=1S/C14H16N4O4S/c1-7-9(18-13(21)22-14(2,3)4)17-11(23-7)8-5-6-15-10(16-8)12(19)20/h5-6H,1-4H3,(H,18,21)(H,19,20). The van der Waals surface area contributed by atoms with Gasteiger partial charge >= 0.3 is 12.1 Å². The van der Waals surface area contributed by atoms with Crippen molar-refractivity contribution in [1.29, 1.82) is 0 Å². The van der Waals surface area contributed by atoms with Gasteiger partial charge in [-0.2, -0.15) is 0 Å². The average Bonchev–Trinajstić information content (AvgIpc) is 2.78. The summed E-state index contributed by atoms with van der Waals surface area (Å²) in [6, 6.07) is 1.56. The molecule has 0 saturated carbocycles. The van der Waals surface area contributed by atoms with Crippen LogP contribution in [0.5, 0.6) is 0 Å². The molecule has 0 unspecified atom stereocenters. The molecule has 0 fully saturated rings. The number of amides is 1. The zero-order valence-corrected chi connectivity index (χ0v) is 13.9. The molecule has 1 amide bonds. The molecular weight excluding hydrogens is 320 g/mol. The van der Waals surface area contributed by atoms with E-state index in [1.54, 1.807) is 33.8 Å². The fourth-order valence-electron chi connectivity index (χ4n) is 1.60. The molecule has 9 heteroatoms. The minimum absolute atomic E-state index is 0.308. The molecule has 0 radical (unpaired) electrons. The first-order valence-electron chi connectivity index (χ1n) is 6.70. The third-order valence-electron chi connectivity index (χ3n) is 2.48. The molecule has 0 aliphatic carbocycles. The van der Waals surface area contributed by atoms with Gasteiger partial charge in [-0.1, -0.05) is 0 Å². The molecule has 122 valence electrons. The quantitative estimate of drug-likeness (QED) is 0.885. The fourth-order valence-corrected chi connectivity index (χ4v) is 2.44. The lowest BCUT2D eigenvalue weighted by Crippen LogP contribution is -2.27. The molecule has 0 atom stereocenters. The third kappa shape index (κ3) is 4.46. The van der Waals surface area contributed by atoms with Gasteiger partial charge in [0, 0.05) is 11.1 Å². The van der Waals surface area contributed by atoms with E-state index in [2.05, 4.69) is 20.3 Å². The van der Waals surface area contributed by atoms with Gasteiger partial charge in [0.05, 0.1) is 0 Å². The molecule has 0 saturated heterocycles. The SMILES string of the molecule is Cc1sc(-c2ccnc(C(=O)O)n2)nc1NC(=O)OC(C)(C)C. The first-order valence-corrected chi connectivity index (χ1v) is 7.51. The van der Waals surface area contributed by atoms with Crippen LogP contribution in [-0.4, -0.2) is 37.7 Å². The predicted molar refractivity (Wildman–Crippen MR) is 84.7 cm³/mol. The van der Waals surface area contributed by atoms with Gasteiger partial charge < -0.3 is 9.84 Å². The Morgan fingerprint density at radius 2 is 2.00 bits per heavy atom. The Balaban J connectivity index is 2.23. The molecule has 0 spiro atoms. The number of thiazole rings is 1. The summed E-state index contributed by atoms with van der Waals surface area (Å²) in [5, 5.41) is 12.0. The maximum absolute atomic E-state index is 11.8. The van der Waals surface area contributed by atoms with E-state index in [-0.39, 0.29) is 5.82 Å². The Morgan fingerprint density at radius 3 is 2.61 bits per heavy atom. The molecule has 0 aliphatic rings. The Hall–Kier alpha value is -2.55. The number of aromatic nitrogens is 3. The Morgan fingerprint density at radius 1 is 1.30 bits per heavy atom. The Bertz CT molecular complexity index is 751. The van der Waals surface area contributed by atoms with Crippen molar-refractivity contribution >= 4 is 29.2 Å². The fraction of sp³-hybridized carbons (Fsp3) is 0.357. The smallest absolute Gasteiger partial charge is 0.413 e. The lowest BCUT2D eigenvalue weighted by molar-refractivity contribution is 0.0633. The minimum Gasteiger partial charge on any atom is -0.475 e. The van der Waals surface area contributed by atoms with Gasteiger partial charge in [-0.15, -0.1) is 11.3 Å². The van der Waals surface area contributed by atoms with E-state index in [0.29, 0.717) is 16.5 Å². The molecular formula is C14H16N4O4S. The number of ether oxygens (including phenoxy) is 1. The van der Waals surface area contributed by atoms with Gasteiger partial charge in [0.1, 0.15) is 22.1 Å². The van der Waals surface area contributed by atoms with E-state index in [9.17, 15) is 9.59 Å². The molecule has 2 rings (SSSR count). The number of rotatable bonds is 3. The van der Waals surface area contributed by atoms with Crippen LogP contribution < -0.4 is 5.32 Å². The van der Waals surface area contributed by atoms with Crippen molar-refractivity contribution in [3.63, 3.8) is 0 Å². The molecule has 23 heavy (non-hydrogen) atoms. The van der Waals surface area contributed by atoms with Crippen molar-refractivity contribution < 1.29 is 19.4 Å². The summed E-state index contributed by atoms with van der Waals surface area (Å²) in [6.07, 6.45) is 0.745. The summed E-state index contributed by atoms with van der Waals surface area (Å²) in [7, 11) is 0. The molecule has 2 heterocycles. The van der Waals surface area contributed by atoms with Crippen LogP contribution >= 0.6 is 11.3 Å². The first kappa shape index (κ1) is 16.8. The van der Waals surface area contributed by atoms with E-state index in [0.717, 1.165) is 4.88 Å². The highest BCUT2D eigenvalue weighted by molar-refractivity contribution is 7.15. The molecule has 2 aromatic rings. The first-order chi connectivity index (χ1) is 10.7. The van der Waals surface area contributed by atoms with Crippen molar-refractivity contribution in [1.82, 2.24) is 15.0 Å². The van der Waals surface area contributed by atoms with Gasteiger partial charge in [-0.3, -0.25) is 5.32 Å². The number of nitrogens with one attached hydrogen (secondary N) is 1. The normalized spacial score (nSPS) is 11.1. The number of carbonyl (C=O) groups excluding carboxylic acids is 1. The zero-order chi connectivity index (χ0) is 17.2. The Kier molecular flexibility index (Phi) is 4.60. The van der Waals surface area contributed by atoms with E-state index in [1.807, 2.05) is 0 Å². The topological polar surface area (TPSA) is 114 Å². The number of hydrogen-bond acceptors (Lipinski definition) is 7. The van der Waals surface area contributed by atoms with Crippen LogP contribution in [-0.2, 0) is 4.74 Å². The number of aromatic carboxylic acids is 1. The molecule has 0 bridgehead atoms. The number of hydrogen-bond donors (Lipinski definition) is 2. The van der Waals surface area contributed by atoms with Crippen LogP contribution in [0.3, 0.4) is 0 Å². The summed E-state index contributed by atoms with van der Waals surface area (Å²) >= 11 is 1.28. The summed E-state index contributed by atoms with van der Waals surface area (Å²) in [4.78, 5) is 35.3. The van der Waals surface area contributed by atoms with Gasteiger partial charge in [0.25, 0.3) is 0 Å². The van der Waals surface area contributed by atoms with Crippen LogP contribution in [0.2, 0.25) is 0 Å². The predicted octanol–water partition coefficient (Wildman–Crippen LogP) is 2.95. The summed E-state index contributed by atoms with van der Waals surface area (Å²) in [6.45, 7) is 7.08. The van der Waals surface area contributed by atoms with Crippen LogP contribution in [0, 0.1) is 6.92 Å². The lowest BCUT2D eigenvalue weighted by atomic mass is 10.2. The molecule has 2 N–H and O–H groups in total. The van der Waals surface area contributed by atoms with Crippen LogP contribution in [0.25, 0.3) is 10.7 Å². The van der Waals surface area contributed by atoms with Crippen molar-refractivity contribution in [3.05, 3.63) is 23.0 Å². The van der Waals surface area contributed by atoms with Gasteiger partial charge in [0.2, 0.25) is 5.82 Å². The molecule has 8 nitrogen and oxygen atoms in total. The minimum atomic E-state index is -1.22. The third-order valence-corrected chi connectivity index (χ3v) is 3.48. The molecule has 2 aromatic heterocycles. The monoisotopic (exact) mass is 336 g/mol. The van der Waals surface area contributed by atoms with Crippen LogP contribution in [0.15, 0.2) is 12.3 Å². The number of carboxylic acids is 1. The van der Waals surface area contributed by atoms with Crippen molar-refractivity contribution in [2.24, 2.45) is 0 Å². The number of anilines is 1. The van der Waals surface area contributed by atoms with Crippen LogP contribution in [0.1, 0.15) is 36.3 Å². The van der Waals surface area contributed by atoms with Gasteiger partial charge in [0.15, 0.2) is 0 Å². The highest BCUT2D eigenvalue weighted by atomic mass is 32.1. The maximum atomic E-state index is 11.8. The number of carboxylic acid groups (broad SMARTS) is 1. The zero-order valence-electron chi connectivity index (χ0n) is 13.1. The van der Waals surface area contributed by atoms with Gasteiger partial charge in [-0.05, 0) is 33.8 Å².